The standard InChI is InChI=1S/C26H27NO2/c1-4-18-14-22-26(23(29)15-18)25(24(17(3)28)16(2)27-22)21-12-10-20(11-13-21)19-8-6-5-7-9-19/h5-13,18,25,27H,4,14-15H2,1-3H3. The van der Waals surface area contributed by atoms with Crippen LogP contribution in [-0.2, 0) is 9.59 Å². The van der Waals surface area contributed by atoms with Crippen molar-refractivity contribution in [2.24, 2.45) is 5.92 Å². The van der Waals surface area contributed by atoms with Crippen LogP contribution < -0.4 is 5.32 Å². The van der Waals surface area contributed by atoms with E-state index in [2.05, 4.69) is 48.6 Å². The van der Waals surface area contributed by atoms with E-state index >= 15 is 0 Å². The normalized spacial score (nSPS) is 21.7. The van der Waals surface area contributed by atoms with Crippen molar-refractivity contribution in [3.63, 3.8) is 0 Å². The van der Waals surface area contributed by atoms with E-state index in [0.29, 0.717) is 17.9 Å². The molecule has 4 rings (SSSR count). The third-order valence-electron chi connectivity index (χ3n) is 6.22. The lowest BCUT2D eigenvalue weighted by Crippen LogP contribution is -2.35. The van der Waals surface area contributed by atoms with Crippen molar-refractivity contribution in [2.45, 2.75) is 46.0 Å². The molecule has 1 N–H and O–H groups in total. The lowest BCUT2D eigenvalue weighted by atomic mass is 9.71. The van der Waals surface area contributed by atoms with Crippen molar-refractivity contribution >= 4 is 11.6 Å². The largest absolute Gasteiger partial charge is 0.362 e. The molecule has 3 heteroatoms. The second-order valence-electron chi connectivity index (χ2n) is 8.14. The van der Waals surface area contributed by atoms with Gasteiger partial charge >= 0.3 is 0 Å². The number of rotatable bonds is 4. The summed E-state index contributed by atoms with van der Waals surface area (Å²) >= 11 is 0. The van der Waals surface area contributed by atoms with Crippen LogP contribution in [-0.4, -0.2) is 11.6 Å². The van der Waals surface area contributed by atoms with Crippen LogP contribution in [0.3, 0.4) is 0 Å². The van der Waals surface area contributed by atoms with Crippen LogP contribution in [0.1, 0.15) is 51.5 Å². The summed E-state index contributed by atoms with van der Waals surface area (Å²) < 4.78 is 0. The maximum atomic E-state index is 13.1. The Morgan fingerprint density at radius 2 is 1.66 bits per heavy atom. The molecule has 0 fully saturated rings. The van der Waals surface area contributed by atoms with Gasteiger partial charge in [-0.15, -0.1) is 0 Å². The van der Waals surface area contributed by atoms with Crippen molar-refractivity contribution < 1.29 is 9.59 Å². The monoisotopic (exact) mass is 385 g/mol. The summed E-state index contributed by atoms with van der Waals surface area (Å²) in [5.74, 6) is 0.290. The quantitative estimate of drug-likeness (QED) is 0.751. The predicted octanol–water partition coefficient (Wildman–Crippen LogP) is 5.55. The molecule has 1 heterocycles. The molecule has 148 valence electrons. The summed E-state index contributed by atoms with van der Waals surface area (Å²) in [6.07, 6.45) is 2.43. The number of carbonyl (C=O) groups excluding carboxylic acids is 2. The summed E-state index contributed by atoms with van der Waals surface area (Å²) in [5.41, 5.74) is 6.67. The number of dihydropyridines is 1. The SMILES string of the molecule is CCC1CC(=O)C2=C(C1)NC(C)=C(C(C)=O)C2c1ccc(-c2ccccc2)cc1. The first kappa shape index (κ1) is 19.4. The van der Waals surface area contributed by atoms with Crippen LogP contribution in [0.5, 0.6) is 0 Å². The maximum Gasteiger partial charge on any atom is 0.161 e. The number of hydrogen-bond donors (Lipinski definition) is 1. The fourth-order valence-corrected chi connectivity index (χ4v) is 4.71. The topological polar surface area (TPSA) is 46.2 Å². The summed E-state index contributed by atoms with van der Waals surface area (Å²) in [7, 11) is 0. The molecule has 0 aromatic heterocycles. The molecule has 29 heavy (non-hydrogen) atoms. The van der Waals surface area contributed by atoms with E-state index in [0.717, 1.165) is 46.5 Å². The first-order chi connectivity index (χ1) is 14.0. The van der Waals surface area contributed by atoms with Crippen molar-refractivity contribution in [1.82, 2.24) is 5.32 Å². The molecule has 0 amide bonds. The van der Waals surface area contributed by atoms with Gasteiger partial charge in [0.2, 0.25) is 0 Å². The first-order valence-electron chi connectivity index (χ1n) is 10.4. The molecule has 0 saturated heterocycles. The molecule has 1 aliphatic carbocycles. The van der Waals surface area contributed by atoms with Gasteiger partial charge in [-0.2, -0.15) is 0 Å². The Bertz CT molecular complexity index is 1010. The molecule has 0 spiro atoms. The highest BCUT2D eigenvalue weighted by Crippen LogP contribution is 2.44. The van der Waals surface area contributed by atoms with Gasteiger partial charge < -0.3 is 5.32 Å². The highest BCUT2D eigenvalue weighted by atomic mass is 16.1. The second kappa shape index (κ2) is 7.82. The Balaban J connectivity index is 1.79. The number of nitrogens with one attached hydrogen (secondary N) is 1. The van der Waals surface area contributed by atoms with Crippen LogP contribution in [0.25, 0.3) is 11.1 Å². The van der Waals surface area contributed by atoms with Crippen molar-refractivity contribution in [3.05, 3.63) is 82.7 Å². The molecule has 2 aromatic rings. The minimum Gasteiger partial charge on any atom is -0.362 e. The van der Waals surface area contributed by atoms with Crippen LogP contribution in [0.15, 0.2) is 77.1 Å². The van der Waals surface area contributed by atoms with Gasteiger partial charge in [0.15, 0.2) is 11.6 Å². The zero-order valence-electron chi connectivity index (χ0n) is 17.3. The van der Waals surface area contributed by atoms with Crippen molar-refractivity contribution in [2.75, 3.05) is 0 Å². The highest BCUT2D eigenvalue weighted by molar-refractivity contribution is 6.05. The number of carbonyl (C=O) groups is 2. The van der Waals surface area contributed by atoms with E-state index in [9.17, 15) is 9.59 Å². The van der Waals surface area contributed by atoms with E-state index in [1.54, 1.807) is 6.92 Å². The van der Waals surface area contributed by atoms with Crippen LogP contribution in [0.4, 0.5) is 0 Å². The van der Waals surface area contributed by atoms with E-state index in [4.69, 9.17) is 0 Å². The molecule has 2 atom stereocenters. The molecule has 0 bridgehead atoms. The van der Waals surface area contributed by atoms with Gasteiger partial charge in [0, 0.05) is 34.9 Å². The fourth-order valence-electron chi connectivity index (χ4n) is 4.71. The Morgan fingerprint density at radius 1 is 1.00 bits per heavy atom. The molecular weight excluding hydrogens is 358 g/mol. The van der Waals surface area contributed by atoms with E-state index in [1.165, 1.54) is 0 Å². The Labute approximate surface area is 172 Å². The molecule has 0 radical (unpaired) electrons. The minimum atomic E-state index is -0.279. The Kier molecular flexibility index (Phi) is 5.23. The van der Waals surface area contributed by atoms with Gasteiger partial charge in [-0.1, -0.05) is 67.9 Å². The third kappa shape index (κ3) is 3.57. The van der Waals surface area contributed by atoms with Crippen LogP contribution in [0, 0.1) is 5.92 Å². The van der Waals surface area contributed by atoms with Crippen LogP contribution in [0.2, 0.25) is 0 Å². The summed E-state index contributed by atoms with van der Waals surface area (Å²) in [6, 6.07) is 18.5. The molecule has 2 unspecified atom stereocenters. The fraction of sp³-hybridized carbons (Fsp3) is 0.308. The maximum absolute atomic E-state index is 13.1. The zero-order chi connectivity index (χ0) is 20.5. The Hall–Kier alpha value is -2.94. The predicted molar refractivity (Wildman–Crippen MR) is 116 cm³/mol. The lowest BCUT2D eigenvalue weighted by molar-refractivity contribution is -0.117. The molecule has 3 nitrogen and oxygen atoms in total. The molecular formula is C26H27NO2. The smallest absolute Gasteiger partial charge is 0.161 e. The van der Waals surface area contributed by atoms with Crippen molar-refractivity contribution in [3.8, 4) is 11.1 Å². The molecule has 1 aliphatic heterocycles. The summed E-state index contributed by atoms with van der Waals surface area (Å²) in [4.78, 5) is 25.7. The summed E-state index contributed by atoms with van der Waals surface area (Å²) in [5, 5.41) is 3.40. The van der Waals surface area contributed by atoms with Gasteiger partial charge in [0.1, 0.15) is 0 Å². The molecule has 2 aliphatic rings. The second-order valence-corrected chi connectivity index (χ2v) is 8.14. The van der Waals surface area contributed by atoms with Gasteiger partial charge in [-0.25, -0.2) is 0 Å². The van der Waals surface area contributed by atoms with Gasteiger partial charge in [0.25, 0.3) is 0 Å². The van der Waals surface area contributed by atoms with Crippen molar-refractivity contribution in [1.29, 1.82) is 0 Å². The minimum absolute atomic E-state index is 0.0177. The molecule has 0 saturated carbocycles. The van der Waals surface area contributed by atoms with Gasteiger partial charge in [-0.3, -0.25) is 9.59 Å². The van der Waals surface area contributed by atoms with Crippen LogP contribution >= 0.6 is 0 Å². The van der Waals surface area contributed by atoms with Gasteiger partial charge in [-0.05, 0) is 42.9 Å². The summed E-state index contributed by atoms with van der Waals surface area (Å²) in [6.45, 7) is 5.68. The van der Waals surface area contributed by atoms with E-state index in [1.807, 2.05) is 25.1 Å². The third-order valence-corrected chi connectivity index (χ3v) is 6.22. The van der Waals surface area contributed by atoms with Gasteiger partial charge in [0.05, 0.1) is 0 Å². The Morgan fingerprint density at radius 3 is 2.28 bits per heavy atom. The number of allylic oxidation sites excluding steroid dienone is 4. The average Bonchev–Trinajstić information content (AvgIpc) is 2.73. The number of ketones is 2. The number of Topliss-reactive ketones (excluding diaryl/α,β-unsaturated/α-hetero) is 2. The first-order valence-corrected chi connectivity index (χ1v) is 10.4. The zero-order valence-corrected chi connectivity index (χ0v) is 17.3. The average molecular weight is 386 g/mol. The lowest BCUT2D eigenvalue weighted by Gasteiger charge is -2.36. The number of hydrogen-bond acceptors (Lipinski definition) is 3. The van der Waals surface area contributed by atoms with E-state index < -0.39 is 0 Å². The molecule has 2 aromatic carbocycles. The van der Waals surface area contributed by atoms with E-state index in [-0.39, 0.29) is 17.5 Å². The highest BCUT2D eigenvalue weighted by Gasteiger charge is 2.39. The number of benzene rings is 2.